The lowest BCUT2D eigenvalue weighted by Gasteiger charge is -2.31. The maximum absolute atomic E-state index is 13.4. The number of likely N-dealkylation sites (N-methyl/N-ethyl adjacent to an activating group) is 1. The van der Waals surface area contributed by atoms with E-state index in [0.717, 1.165) is 48.4 Å². The van der Waals surface area contributed by atoms with Gasteiger partial charge in [-0.3, -0.25) is 14.4 Å². The molecule has 8 aromatic rings. The minimum absolute atomic E-state index is 0. The Morgan fingerprint density at radius 1 is 0.477 bits per heavy atom. The molecule has 0 bridgehead atoms. The van der Waals surface area contributed by atoms with Crippen LogP contribution in [0.1, 0.15) is 107 Å². The minimum atomic E-state index is -4.44. The van der Waals surface area contributed by atoms with Crippen molar-refractivity contribution in [3.63, 3.8) is 0 Å². The zero-order valence-corrected chi connectivity index (χ0v) is 51.0. The second-order valence-electron chi connectivity index (χ2n) is 20.7. The van der Waals surface area contributed by atoms with E-state index in [1.165, 1.54) is 43.0 Å². The zero-order valence-electron chi connectivity index (χ0n) is 48.7. The van der Waals surface area contributed by atoms with Gasteiger partial charge in [-0.1, -0.05) is 83.9 Å². The molecule has 2 atom stereocenters. The number of nitrogens with one attached hydrogen (secondary N) is 1. The van der Waals surface area contributed by atoms with Crippen LogP contribution in [0.2, 0.25) is 10.0 Å². The Kier molecular flexibility index (Phi) is 25.6. The van der Waals surface area contributed by atoms with Gasteiger partial charge in [-0.25, -0.2) is 4.79 Å². The fourth-order valence-corrected chi connectivity index (χ4v) is 8.66. The van der Waals surface area contributed by atoms with Gasteiger partial charge in [0.1, 0.15) is 35.2 Å². The first kappa shape index (κ1) is 70.4. The van der Waals surface area contributed by atoms with Crippen LogP contribution in [-0.4, -0.2) is 71.8 Å². The number of carboxylic acid groups (broad SMARTS) is 1. The average molecular weight is 1270 g/mol. The number of ketones is 2. The normalized spacial score (nSPS) is 12.0. The third kappa shape index (κ3) is 21.2. The molecule has 0 aliphatic rings. The number of carboxylic acids is 1. The first-order chi connectivity index (χ1) is 41.1. The molecule has 0 unspecified atom stereocenters. The van der Waals surface area contributed by atoms with E-state index in [9.17, 15) is 45.5 Å². The summed E-state index contributed by atoms with van der Waals surface area (Å²) in [5.41, 5.74) is -0.175. The molecule has 0 saturated heterocycles. The SMILES string of the molecule is CC(C)(Oc1ccc(C(=O)c2ccc(Cl)cc2)cc1)C(=O)O.CN(CC[C@@H](Oc1ccc(C(F)(F)F)cc1)c1ccccc1)C(=O)C(C)(C)Oc1ccc(C(=O)c2ccc(Cl)cc2)cc1.CNCC[C@@H](Oc1ccc(C(F)(F)F)cc1)c1ccccc1.Cl. The molecular formula is C68H65Cl3F6N2O9. The highest BCUT2D eigenvalue weighted by molar-refractivity contribution is 6.31. The Morgan fingerprint density at radius 3 is 1.12 bits per heavy atom. The highest BCUT2D eigenvalue weighted by atomic mass is 35.5. The van der Waals surface area contributed by atoms with Gasteiger partial charge in [0.25, 0.3) is 5.91 Å². The van der Waals surface area contributed by atoms with Gasteiger partial charge in [-0.15, -0.1) is 12.4 Å². The van der Waals surface area contributed by atoms with E-state index in [2.05, 4.69) is 5.32 Å². The third-order valence-electron chi connectivity index (χ3n) is 13.2. The van der Waals surface area contributed by atoms with Crippen molar-refractivity contribution in [3.05, 3.63) is 261 Å². The van der Waals surface area contributed by atoms with Crippen LogP contribution < -0.4 is 24.3 Å². The number of amides is 1. The van der Waals surface area contributed by atoms with Gasteiger partial charge in [0.05, 0.1) is 11.1 Å². The standard InChI is InChI=1S/C34H31ClF3NO4.C17H15ClO4.C17H18F3NO.ClH/c1-33(2,43-29-17-11-25(12-18-29)31(40)24-9-15-27(35)16-10-24)32(41)39(3)22-21-30(23-7-5-4-6-8-23)42-28-19-13-26(14-20-28)34(36,37)38;1-17(2,16(20)21)22-14-9-5-12(6-10-14)15(19)11-3-7-13(18)8-4-11;1-21-12-11-16(13-5-3-2-4-6-13)22-15-9-7-14(8-10-15)17(18,19)20;/h4-20,30H,21-22H2,1-3H3;3-10H,1-2H3,(H,20,21);2-10,16,21H,11-12H2,1H3;1H/t30-;;16-;/m1.1./s1. The molecule has 8 rings (SSSR count). The molecule has 0 heterocycles. The number of ether oxygens (including phenoxy) is 4. The van der Waals surface area contributed by atoms with E-state index in [-0.39, 0.29) is 41.7 Å². The molecule has 1 amide bonds. The molecule has 0 saturated carbocycles. The lowest BCUT2D eigenvalue weighted by atomic mass is 10.0. The van der Waals surface area contributed by atoms with Crippen molar-refractivity contribution in [1.29, 1.82) is 0 Å². The van der Waals surface area contributed by atoms with Gasteiger partial charge < -0.3 is 34.3 Å². The summed E-state index contributed by atoms with van der Waals surface area (Å²) >= 11 is 11.7. The largest absolute Gasteiger partial charge is 0.486 e. The Hall–Kier alpha value is -8.35. The first-order valence-corrected chi connectivity index (χ1v) is 28.0. The number of carbonyl (C=O) groups excluding carboxylic acids is 3. The van der Waals surface area contributed by atoms with Gasteiger partial charge in [-0.05, 0) is 198 Å². The quantitative estimate of drug-likeness (QED) is 0.0498. The number of hydrogen-bond acceptors (Lipinski definition) is 9. The highest BCUT2D eigenvalue weighted by Gasteiger charge is 2.35. The smallest absolute Gasteiger partial charge is 0.416 e. The van der Waals surface area contributed by atoms with Crippen LogP contribution in [0, 0.1) is 0 Å². The van der Waals surface area contributed by atoms with Crippen molar-refractivity contribution in [2.75, 3.05) is 27.2 Å². The predicted octanol–water partition coefficient (Wildman–Crippen LogP) is 17.1. The number of rotatable bonds is 22. The Labute approximate surface area is 523 Å². The molecule has 0 aliphatic carbocycles. The van der Waals surface area contributed by atoms with Crippen LogP contribution in [-0.2, 0) is 21.9 Å². The molecule has 11 nitrogen and oxygen atoms in total. The van der Waals surface area contributed by atoms with Crippen LogP contribution in [0.3, 0.4) is 0 Å². The van der Waals surface area contributed by atoms with Crippen molar-refractivity contribution in [3.8, 4) is 23.0 Å². The topological polar surface area (TPSA) is 141 Å². The van der Waals surface area contributed by atoms with Crippen LogP contribution >= 0.6 is 35.6 Å². The number of aliphatic carboxylic acids is 1. The van der Waals surface area contributed by atoms with Gasteiger partial charge >= 0.3 is 18.3 Å². The molecule has 20 heteroatoms. The fourth-order valence-electron chi connectivity index (χ4n) is 8.40. The van der Waals surface area contributed by atoms with E-state index in [1.54, 1.807) is 118 Å². The lowest BCUT2D eigenvalue weighted by molar-refractivity contribution is -0.152. The number of carbonyl (C=O) groups is 4. The second-order valence-corrected chi connectivity index (χ2v) is 21.6. The number of benzene rings is 8. The molecule has 464 valence electrons. The Bertz CT molecular complexity index is 3490. The fraction of sp³-hybridized carbons (Fsp3) is 0.235. The summed E-state index contributed by atoms with van der Waals surface area (Å²) in [4.78, 5) is 51.0. The van der Waals surface area contributed by atoms with E-state index < -0.39 is 46.8 Å². The van der Waals surface area contributed by atoms with Crippen molar-refractivity contribution in [2.45, 2.75) is 76.3 Å². The van der Waals surface area contributed by atoms with Crippen molar-refractivity contribution in [1.82, 2.24) is 10.2 Å². The molecule has 0 fully saturated rings. The monoisotopic (exact) mass is 1270 g/mol. The number of nitrogens with zero attached hydrogens (tertiary/aromatic N) is 1. The number of hydrogen-bond donors (Lipinski definition) is 2. The van der Waals surface area contributed by atoms with Crippen molar-refractivity contribution >= 4 is 59.1 Å². The third-order valence-corrected chi connectivity index (χ3v) is 13.7. The van der Waals surface area contributed by atoms with E-state index >= 15 is 0 Å². The summed E-state index contributed by atoms with van der Waals surface area (Å²) < 4.78 is 100. The van der Waals surface area contributed by atoms with Crippen molar-refractivity contribution < 1.29 is 69.6 Å². The maximum Gasteiger partial charge on any atom is 0.416 e. The molecule has 2 N–H and O–H groups in total. The summed E-state index contributed by atoms with van der Waals surface area (Å²) in [6.07, 6.45) is -8.38. The summed E-state index contributed by atoms with van der Waals surface area (Å²) in [6.45, 7) is 7.28. The second kappa shape index (κ2) is 32.0. The number of alkyl halides is 6. The molecule has 0 spiro atoms. The van der Waals surface area contributed by atoms with Gasteiger partial charge in [0, 0.05) is 58.7 Å². The lowest BCUT2D eigenvalue weighted by Crippen LogP contribution is -2.47. The minimum Gasteiger partial charge on any atom is -0.486 e. The average Bonchev–Trinajstić information content (AvgIpc) is 3.71. The summed E-state index contributed by atoms with van der Waals surface area (Å²) in [7, 11) is 3.50. The van der Waals surface area contributed by atoms with Gasteiger partial charge in [0.2, 0.25) is 0 Å². The van der Waals surface area contributed by atoms with Crippen LogP contribution in [0.25, 0.3) is 0 Å². The zero-order chi connectivity index (χ0) is 63.5. The summed E-state index contributed by atoms with van der Waals surface area (Å²) in [5.74, 6) is -0.114. The van der Waals surface area contributed by atoms with Crippen LogP contribution in [0.4, 0.5) is 26.3 Å². The van der Waals surface area contributed by atoms with Gasteiger partial charge in [-0.2, -0.15) is 26.3 Å². The van der Waals surface area contributed by atoms with E-state index in [4.69, 9.17) is 47.3 Å². The maximum atomic E-state index is 13.4. The molecule has 0 radical (unpaired) electrons. The molecule has 0 aliphatic heterocycles. The van der Waals surface area contributed by atoms with E-state index in [0.29, 0.717) is 62.5 Å². The van der Waals surface area contributed by atoms with E-state index in [1.807, 2.05) is 67.7 Å². The van der Waals surface area contributed by atoms with Crippen LogP contribution in [0.15, 0.2) is 206 Å². The van der Waals surface area contributed by atoms with Crippen LogP contribution in [0.5, 0.6) is 23.0 Å². The Morgan fingerprint density at radius 2 is 0.795 bits per heavy atom. The molecule has 0 aromatic heterocycles. The van der Waals surface area contributed by atoms with Crippen molar-refractivity contribution in [2.24, 2.45) is 0 Å². The Balaban J connectivity index is 0.000000264. The first-order valence-electron chi connectivity index (χ1n) is 27.2. The van der Waals surface area contributed by atoms with Gasteiger partial charge in [0.15, 0.2) is 22.8 Å². The predicted molar refractivity (Wildman–Crippen MR) is 330 cm³/mol. The highest BCUT2D eigenvalue weighted by Crippen LogP contribution is 2.34. The summed E-state index contributed by atoms with van der Waals surface area (Å²) in [6, 6.07) is 54.4. The molecule has 8 aromatic carbocycles. The summed E-state index contributed by atoms with van der Waals surface area (Å²) in [5, 5.41) is 13.2. The number of halogens is 9. The molecular weight excluding hydrogens is 1210 g/mol. The molecule has 88 heavy (non-hydrogen) atoms.